The Labute approximate surface area is 164 Å². The minimum atomic E-state index is -0.697. The van der Waals surface area contributed by atoms with Crippen molar-refractivity contribution in [3.63, 3.8) is 0 Å². The van der Waals surface area contributed by atoms with Crippen LogP contribution in [0.3, 0.4) is 0 Å². The lowest BCUT2D eigenvalue weighted by Crippen LogP contribution is -2.40. The third kappa shape index (κ3) is 4.88. The number of furan rings is 1. The molecule has 1 heterocycles. The second kappa shape index (κ2) is 8.13. The zero-order chi connectivity index (χ0) is 20.1. The predicted octanol–water partition coefficient (Wildman–Crippen LogP) is 5.52. The van der Waals surface area contributed by atoms with Crippen molar-refractivity contribution in [1.29, 1.82) is 0 Å². The van der Waals surface area contributed by atoms with Gasteiger partial charge in [0.2, 0.25) is 0 Å². The summed E-state index contributed by atoms with van der Waals surface area (Å²) < 4.78 is 10.5. The highest BCUT2D eigenvalue weighted by molar-refractivity contribution is 6.03. The van der Waals surface area contributed by atoms with Crippen LogP contribution in [-0.2, 0) is 11.3 Å². The van der Waals surface area contributed by atoms with Crippen LogP contribution in [0, 0.1) is 0 Å². The molecule has 0 bridgehead atoms. The molecule has 2 amide bonds. The largest absolute Gasteiger partial charge is 0.472 e. The third-order valence-corrected chi connectivity index (χ3v) is 4.03. The molecule has 0 unspecified atom stereocenters. The minimum Gasteiger partial charge on any atom is -0.472 e. The quantitative estimate of drug-likeness (QED) is 0.600. The number of imide groups is 1. The molecule has 144 valence electrons. The van der Waals surface area contributed by atoms with E-state index >= 15 is 0 Å². The van der Waals surface area contributed by atoms with Crippen molar-refractivity contribution < 1.29 is 18.7 Å². The van der Waals surface area contributed by atoms with Gasteiger partial charge >= 0.3 is 6.09 Å². The van der Waals surface area contributed by atoms with Gasteiger partial charge in [0.25, 0.3) is 5.91 Å². The number of carbonyl (C=O) groups is 2. The fourth-order valence-corrected chi connectivity index (χ4v) is 2.69. The highest BCUT2D eigenvalue weighted by atomic mass is 16.6. The van der Waals surface area contributed by atoms with E-state index < -0.39 is 17.6 Å². The molecule has 0 atom stereocenters. The molecule has 0 aliphatic carbocycles. The highest BCUT2D eigenvalue weighted by Crippen LogP contribution is 2.22. The summed E-state index contributed by atoms with van der Waals surface area (Å²) in [5.74, 6) is -0.406. The van der Waals surface area contributed by atoms with Crippen LogP contribution in [-0.4, -0.2) is 22.5 Å². The van der Waals surface area contributed by atoms with Crippen molar-refractivity contribution in [2.24, 2.45) is 0 Å². The summed E-state index contributed by atoms with van der Waals surface area (Å²) in [7, 11) is 0. The Bertz CT molecular complexity index is 923. The maximum Gasteiger partial charge on any atom is 0.417 e. The first-order valence-electron chi connectivity index (χ1n) is 9.05. The molecule has 5 nitrogen and oxygen atoms in total. The van der Waals surface area contributed by atoms with Gasteiger partial charge < -0.3 is 9.15 Å². The second-order valence-corrected chi connectivity index (χ2v) is 7.45. The fraction of sp³-hybridized carbons (Fsp3) is 0.217. The number of benzene rings is 2. The molecule has 3 aromatic rings. The number of hydrogen-bond acceptors (Lipinski definition) is 4. The molecule has 28 heavy (non-hydrogen) atoms. The van der Waals surface area contributed by atoms with Gasteiger partial charge in [-0.05, 0) is 50.1 Å². The molecule has 0 radical (unpaired) electrons. The minimum absolute atomic E-state index is 0.137. The predicted molar refractivity (Wildman–Crippen MR) is 107 cm³/mol. The lowest BCUT2D eigenvalue weighted by molar-refractivity contribution is 0.0227. The lowest BCUT2D eigenvalue weighted by Gasteiger charge is -2.26. The summed E-state index contributed by atoms with van der Waals surface area (Å²) in [6.45, 7) is 5.46. The van der Waals surface area contributed by atoms with Crippen molar-refractivity contribution >= 4 is 12.0 Å². The van der Waals surface area contributed by atoms with Gasteiger partial charge in [-0.1, -0.05) is 42.5 Å². The third-order valence-electron chi connectivity index (χ3n) is 4.03. The van der Waals surface area contributed by atoms with Gasteiger partial charge in [-0.25, -0.2) is 9.69 Å². The first kappa shape index (κ1) is 19.4. The van der Waals surface area contributed by atoms with E-state index in [4.69, 9.17) is 9.15 Å². The Morgan fingerprint density at radius 3 is 2.18 bits per heavy atom. The fourth-order valence-electron chi connectivity index (χ4n) is 2.69. The van der Waals surface area contributed by atoms with Crippen LogP contribution < -0.4 is 0 Å². The molecule has 0 aliphatic heterocycles. The van der Waals surface area contributed by atoms with Gasteiger partial charge in [-0.3, -0.25) is 4.79 Å². The van der Waals surface area contributed by atoms with E-state index in [1.807, 2.05) is 48.5 Å². The van der Waals surface area contributed by atoms with E-state index in [1.54, 1.807) is 45.4 Å². The number of hydrogen-bond donors (Lipinski definition) is 0. The molecule has 0 N–H and O–H groups in total. The van der Waals surface area contributed by atoms with Crippen molar-refractivity contribution in [3.05, 3.63) is 84.3 Å². The number of rotatable bonds is 4. The van der Waals surface area contributed by atoms with Crippen molar-refractivity contribution in [2.45, 2.75) is 32.9 Å². The van der Waals surface area contributed by atoms with Gasteiger partial charge in [0.1, 0.15) is 5.60 Å². The Morgan fingerprint density at radius 2 is 1.61 bits per heavy atom. The first-order chi connectivity index (χ1) is 13.3. The molecule has 0 saturated heterocycles. The van der Waals surface area contributed by atoms with E-state index in [-0.39, 0.29) is 6.54 Å². The maximum atomic E-state index is 13.1. The molecular weight excluding hydrogens is 354 g/mol. The van der Waals surface area contributed by atoms with Crippen LogP contribution in [0.1, 0.15) is 36.7 Å². The Hall–Kier alpha value is -3.34. The van der Waals surface area contributed by atoms with E-state index in [1.165, 1.54) is 0 Å². The average molecular weight is 377 g/mol. The van der Waals surface area contributed by atoms with Crippen LogP contribution in [0.5, 0.6) is 0 Å². The molecular formula is C23H23NO4. The molecule has 0 fully saturated rings. The molecule has 2 aromatic carbocycles. The molecule has 0 saturated carbocycles. The van der Waals surface area contributed by atoms with Gasteiger partial charge in [-0.15, -0.1) is 0 Å². The smallest absolute Gasteiger partial charge is 0.417 e. The summed E-state index contributed by atoms with van der Waals surface area (Å²) in [5.41, 5.74) is 2.41. The molecule has 3 rings (SSSR count). The van der Waals surface area contributed by atoms with Crippen LogP contribution in [0.25, 0.3) is 11.1 Å². The number of amides is 2. The summed E-state index contributed by atoms with van der Waals surface area (Å²) in [6, 6.07) is 18.3. The number of ether oxygens (including phenoxy) is 1. The highest BCUT2D eigenvalue weighted by Gasteiger charge is 2.28. The molecule has 1 aromatic heterocycles. The number of nitrogens with zero attached hydrogens (tertiary/aromatic N) is 1. The second-order valence-electron chi connectivity index (χ2n) is 7.45. The van der Waals surface area contributed by atoms with Crippen molar-refractivity contribution in [2.75, 3.05) is 0 Å². The average Bonchev–Trinajstić information content (AvgIpc) is 3.20. The van der Waals surface area contributed by atoms with Gasteiger partial charge in [0.15, 0.2) is 0 Å². The Morgan fingerprint density at radius 1 is 0.929 bits per heavy atom. The Kier molecular flexibility index (Phi) is 5.64. The maximum absolute atomic E-state index is 13.1. The zero-order valence-electron chi connectivity index (χ0n) is 16.2. The van der Waals surface area contributed by atoms with E-state index in [2.05, 4.69) is 0 Å². The summed E-state index contributed by atoms with van der Waals surface area (Å²) in [6.07, 6.45) is 2.57. The van der Waals surface area contributed by atoms with Crippen LogP contribution in [0.2, 0.25) is 0 Å². The molecule has 0 spiro atoms. The molecule has 0 aliphatic rings. The van der Waals surface area contributed by atoms with E-state index in [0.29, 0.717) is 5.56 Å². The first-order valence-corrected chi connectivity index (χ1v) is 9.05. The van der Waals surface area contributed by atoms with Crippen LogP contribution in [0.4, 0.5) is 4.79 Å². The normalized spacial score (nSPS) is 11.1. The summed E-state index contributed by atoms with van der Waals surface area (Å²) >= 11 is 0. The number of carbonyl (C=O) groups excluding carboxylic acids is 2. The Balaban J connectivity index is 1.85. The standard InChI is InChI=1S/C23H23NO4/c1-23(2,3)28-22(26)24(15-17-7-5-4-6-8-17)21(25)19-11-9-18(10-12-19)20-13-14-27-16-20/h4-14,16H,15H2,1-3H3. The lowest BCUT2D eigenvalue weighted by atomic mass is 10.1. The molecule has 5 heteroatoms. The van der Waals surface area contributed by atoms with Crippen molar-refractivity contribution in [1.82, 2.24) is 4.90 Å². The van der Waals surface area contributed by atoms with Gasteiger partial charge in [0.05, 0.1) is 19.1 Å². The van der Waals surface area contributed by atoms with E-state index in [9.17, 15) is 9.59 Å². The summed E-state index contributed by atoms with van der Waals surface area (Å²) in [4.78, 5) is 26.9. The van der Waals surface area contributed by atoms with Gasteiger partial charge in [-0.2, -0.15) is 0 Å². The topological polar surface area (TPSA) is 59.8 Å². The van der Waals surface area contributed by atoms with Crippen molar-refractivity contribution in [3.8, 4) is 11.1 Å². The van der Waals surface area contributed by atoms with Crippen LogP contribution >= 0.6 is 0 Å². The monoisotopic (exact) mass is 377 g/mol. The van der Waals surface area contributed by atoms with E-state index in [0.717, 1.165) is 21.6 Å². The van der Waals surface area contributed by atoms with Crippen LogP contribution in [0.15, 0.2) is 77.6 Å². The summed E-state index contributed by atoms with van der Waals surface area (Å²) in [5, 5.41) is 0. The van der Waals surface area contributed by atoms with Gasteiger partial charge in [0, 0.05) is 11.1 Å². The SMILES string of the molecule is CC(C)(C)OC(=O)N(Cc1ccccc1)C(=O)c1ccc(-c2ccoc2)cc1. The zero-order valence-corrected chi connectivity index (χ0v) is 16.2.